The second kappa shape index (κ2) is 11.3. The van der Waals surface area contributed by atoms with E-state index in [1.165, 1.54) is 0 Å². The van der Waals surface area contributed by atoms with Gasteiger partial charge in [0, 0.05) is 0 Å². The van der Waals surface area contributed by atoms with Crippen LogP contribution in [0.2, 0.25) is 0 Å². The molecule has 0 unspecified atom stereocenters. The van der Waals surface area contributed by atoms with Gasteiger partial charge in [-0.05, 0) is 0 Å². The summed E-state index contributed by atoms with van der Waals surface area (Å²) in [4.78, 5) is 0. The van der Waals surface area contributed by atoms with E-state index in [0.717, 1.165) is 0 Å². The first-order chi connectivity index (χ1) is 2.00. The summed E-state index contributed by atoms with van der Waals surface area (Å²) in [5, 5.41) is 0. The fourth-order valence-corrected chi connectivity index (χ4v) is 0. The monoisotopic (exact) mass is 508 g/mol. The fourth-order valence-electron chi connectivity index (χ4n) is 0. The van der Waals surface area contributed by atoms with Crippen LogP contribution in [0.25, 0.3) is 0 Å². The fraction of sp³-hybridized carbons (Fsp3) is 0. The summed E-state index contributed by atoms with van der Waals surface area (Å²) in [6, 6.07) is 0. The zero-order valence-electron chi connectivity index (χ0n) is 3.00. The molecule has 0 aliphatic rings. The van der Waals surface area contributed by atoms with Crippen molar-refractivity contribution in [3.63, 3.8) is 0 Å². The summed E-state index contributed by atoms with van der Waals surface area (Å²) in [5.74, 6) is 0. The van der Waals surface area contributed by atoms with Gasteiger partial charge in [0.2, 0.25) is 0 Å². The summed E-state index contributed by atoms with van der Waals surface area (Å²) in [6.07, 6.45) is 0. The summed E-state index contributed by atoms with van der Waals surface area (Å²) < 4.78 is 29.5. The van der Waals surface area contributed by atoms with Crippen LogP contribution in [0.3, 0.4) is 0 Å². The van der Waals surface area contributed by atoms with Gasteiger partial charge in [0.15, 0.2) is 0 Å². The normalized spacial score (nSPS) is 7.50. The summed E-state index contributed by atoms with van der Waals surface area (Å²) in [5.41, 5.74) is 0. The zero-order chi connectivity index (χ0) is 4.50. The van der Waals surface area contributed by atoms with Crippen molar-refractivity contribution in [2.75, 3.05) is 0 Å². The number of rotatable bonds is 0. The topological polar surface area (TPSA) is 80.9 Å². The second-order valence-electron chi connectivity index (χ2n) is 0.600. The van der Waals surface area contributed by atoms with Crippen molar-refractivity contribution in [3.05, 3.63) is 0 Å². The van der Waals surface area contributed by atoms with Gasteiger partial charge in [0.25, 0.3) is 0 Å². The summed E-state index contributed by atoms with van der Waals surface area (Å²) in [7, 11) is 0. The molecule has 0 rings (SSSR count). The van der Waals surface area contributed by atoms with E-state index in [0.29, 0.717) is 0 Å². The Kier molecular flexibility index (Phi) is 32.2. The first-order valence-corrected chi connectivity index (χ1v) is 3.69. The molecule has 46 valence electrons. The van der Waals surface area contributed by atoms with Gasteiger partial charge in [-0.2, -0.15) is 0 Å². The van der Waals surface area contributed by atoms with E-state index in [2.05, 4.69) is 0 Å². The van der Waals surface area contributed by atoms with Crippen molar-refractivity contribution >= 4 is 114 Å². The molecular formula is H10BaCaO4PbTi. The van der Waals surface area contributed by atoms with Gasteiger partial charge in [-0.3, -0.25) is 0 Å². The molecular weight excluding hydrogens is 496 g/mol. The van der Waals surface area contributed by atoms with Crippen molar-refractivity contribution in [2.24, 2.45) is 0 Å². The summed E-state index contributed by atoms with van der Waals surface area (Å²) >= 11 is -5.00. The Morgan fingerprint density at radius 2 is 0.875 bits per heavy atom. The van der Waals surface area contributed by atoms with Crippen LogP contribution in [0.1, 0.15) is 0 Å². The number of hydrogen-bond donors (Lipinski definition) is 4. The third kappa shape index (κ3) is 48.1. The summed E-state index contributed by atoms with van der Waals surface area (Å²) in [6.45, 7) is 0. The van der Waals surface area contributed by atoms with Crippen molar-refractivity contribution < 1.29 is 32.9 Å². The SMILES string of the molecule is [BaH2].[CaH2].[OH][Ti]([OH])([OH])[OH].[PbH2]. The Morgan fingerprint density at radius 3 is 0.875 bits per heavy atom. The second-order valence-corrected chi connectivity index (χ2v) is 2.47. The molecule has 8 heavy (non-hydrogen) atoms. The van der Waals surface area contributed by atoms with Crippen LogP contribution < -0.4 is 0 Å². The minimum absolute atomic E-state index is 0. The molecule has 0 aliphatic heterocycles. The van der Waals surface area contributed by atoms with Gasteiger partial charge in [0.05, 0.1) is 0 Å². The molecule has 0 aliphatic carbocycles. The molecule has 0 spiro atoms. The Balaban J connectivity index is -0.0000000267. The molecule has 0 aromatic carbocycles. The maximum absolute atomic E-state index is 7.38. The van der Waals surface area contributed by atoms with E-state index in [-0.39, 0.29) is 114 Å². The molecule has 0 atom stereocenters. The average molecular weight is 507 g/mol. The molecule has 8 heteroatoms. The molecule has 0 saturated carbocycles. The van der Waals surface area contributed by atoms with Crippen molar-refractivity contribution in [1.82, 2.24) is 0 Å². The van der Waals surface area contributed by atoms with E-state index >= 15 is 0 Å². The zero-order valence-corrected chi connectivity index (χ0v) is 10.1. The van der Waals surface area contributed by atoms with Crippen LogP contribution in [0.5, 0.6) is 0 Å². The van der Waals surface area contributed by atoms with E-state index < -0.39 is 18.1 Å². The van der Waals surface area contributed by atoms with Crippen LogP contribution in [0.4, 0.5) is 0 Å². The predicted octanol–water partition coefficient (Wildman–Crippen LogP) is -4.98. The van der Waals surface area contributed by atoms with Gasteiger partial charge < -0.3 is 0 Å². The Hall–Kier alpha value is 4.31. The molecule has 0 saturated heterocycles. The minimum atomic E-state index is -5.00. The van der Waals surface area contributed by atoms with E-state index in [9.17, 15) is 0 Å². The average Bonchev–Trinajstić information content (AvgIpc) is 0.722. The third-order valence-electron chi connectivity index (χ3n) is 0. The van der Waals surface area contributed by atoms with Gasteiger partial charge in [0.1, 0.15) is 0 Å². The van der Waals surface area contributed by atoms with Crippen molar-refractivity contribution in [3.8, 4) is 0 Å². The Labute approximate surface area is 143 Å². The molecule has 0 fully saturated rings. The van der Waals surface area contributed by atoms with Gasteiger partial charge in [-0.15, -0.1) is 0 Å². The number of hydrogen-bond acceptors (Lipinski definition) is 4. The standard InChI is InChI=1S/Ba.Ca.4H2O.Pb.Ti.6H/h;;4*1H2;;;;;;;;/q;;;;;;;+4;;;;;;/p-4. The molecule has 0 aromatic heterocycles. The van der Waals surface area contributed by atoms with Crippen LogP contribution >= 0.6 is 0 Å². The molecule has 0 bridgehead atoms. The van der Waals surface area contributed by atoms with Gasteiger partial charge >= 0.3 is 147 Å². The molecule has 0 amide bonds. The molecule has 0 aromatic rings. The maximum atomic E-state index is 7.38. The molecule has 0 heterocycles. The Bertz CT molecular complexity index is 31.5. The van der Waals surface area contributed by atoms with E-state index in [1.807, 2.05) is 0 Å². The van der Waals surface area contributed by atoms with Crippen LogP contribution in [0, 0.1) is 0 Å². The van der Waals surface area contributed by atoms with Crippen LogP contribution in [-0.2, 0) is 18.1 Å². The quantitative estimate of drug-likeness (QED) is 0.248. The van der Waals surface area contributed by atoms with Crippen molar-refractivity contribution in [2.45, 2.75) is 0 Å². The van der Waals surface area contributed by atoms with Gasteiger partial charge in [-0.1, -0.05) is 0 Å². The molecule has 4 nitrogen and oxygen atoms in total. The first-order valence-electron chi connectivity index (χ1n) is 0.894. The molecule has 4 N–H and O–H groups in total. The van der Waals surface area contributed by atoms with Crippen LogP contribution in [-0.4, -0.2) is 129 Å². The first kappa shape index (κ1) is 22.8. The van der Waals surface area contributed by atoms with Crippen LogP contribution in [0.15, 0.2) is 0 Å². The Morgan fingerprint density at radius 1 is 0.875 bits per heavy atom. The van der Waals surface area contributed by atoms with Gasteiger partial charge in [-0.25, -0.2) is 0 Å². The van der Waals surface area contributed by atoms with Crippen molar-refractivity contribution in [1.29, 1.82) is 0 Å². The predicted molar refractivity (Wildman–Crippen MR) is 34.5 cm³/mol. The van der Waals surface area contributed by atoms with E-state index in [4.69, 9.17) is 14.8 Å². The third-order valence-corrected chi connectivity index (χ3v) is 0. The van der Waals surface area contributed by atoms with E-state index in [1.54, 1.807) is 0 Å². The molecule has 2 radical (unpaired) electrons.